The van der Waals surface area contributed by atoms with Crippen molar-refractivity contribution in [2.24, 2.45) is 0 Å². The standard InChI is InChI=1S/C17H12N2O3/c20-16(13-8-9-18-10-14(13)17(21)22)19-15-7-3-5-11-4-1-2-6-12(11)15/h1-10H,(H,19,20)(H,21,22). The largest absolute Gasteiger partial charge is 0.478 e. The summed E-state index contributed by atoms with van der Waals surface area (Å²) in [6.07, 6.45) is 2.56. The minimum Gasteiger partial charge on any atom is -0.478 e. The molecule has 1 amide bonds. The lowest BCUT2D eigenvalue weighted by atomic mass is 10.1. The van der Waals surface area contributed by atoms with Crippen molar-refractivity contribution in [1.82, 2.24) is 4.98 Å². The number of pyridine rings is 1. The first-order valence-electron chi connectivity index (χ1n) is 6.63. The molecule has 5 nitrogen and oxygen atoms in total. The van der Waals surface area contributed by atoms with Gasteiger partial charge in [0.2, 0.25) is 0 Å². The minimum absolute atomic E-state index is 0.0791. The average molecular weight is 292 g/mol. The van der Waals surface area contributed by atoms with Crippen LogP contribution in [0, 0.1) is 0 Å². The van der Waals surface area contributed by atoms with Crippen LogP contribution in [0.4, 0.5) is 5.69 Å². The third-order valence-corrected chi connectivity index (χ3v) is 3.33. The van der Waals surface area contributed by atoms with Gasteiger partial charge in [0.15, 0.2) is 0 Å². The average Bonchev–Trinajstić information content (AvgIpc) is 2.55. The summed E-state index contributed by atoms with van der Waals surface area (Å²) in [6, 6.07) is 14.6. The topological polar surface area (TPSA) is 79.3 Å². The van der Waals surface area contributed by atoms with E-state index >= 15 is 0 Å². The second kappa shape index (κ2) is 5.65. The predicted octanol–water partition coefficient (Wildman–Crippen LogP) is 3.19. The van der Waals surface area contributed by atoms with Crippen molar-refractivity contribution in [3.63, 3.8) is 0 Å². The number of rotatable bonds is 3. The Bertz CT molecular complexity index is 869. The number of amides is 1. The number of carboxylic acids is 1. The van der Waals surface area contributed by atoms with Gasteiger partial charge >= 0.3 is 5.97 Å². The Morgan fingerprint density at radius 3 is 2.55 bits per heavy atom. The molecule has 3 aromatic rings. The fraction of sp³-hybridized carbons (Fsp3) is 0. The van der Waals surface area contributed by atoms with E-state index in [4.69, 9.17) is 5.11 Å². The lowest BCUT2D eigenvalue weighted by Gasteiger charge is -2.10. The van der Waals surface area contributed by atoms with Crippen molar-refractivity contribution in [1.29, 1.82) is 0 Å². The zero-order chi connectivity index (χ0) is 15.5. The number of carbonyl (C=O) groups excluding carboxylic acids is 1. The fourth-order valence-electron chi connectivity index (χ4n) is 2.29. The van der Waals surface area contributed by atoms with E-state index in [-0.39, 0.29) is 11.1 Å². The first-order chi connectivity index (χ1) is 10.7. The second-order valence-electron chi connectivity index (χ2n) is 4.71. The van der Waals surface area contributed by atoms with Crippen LogP contribution < -0.4 is 5.32 Å². The van der Waals surface area contributed by atoms with Gasteiger partial charge in [-0.05, 0) is 17.5 Å². The number of aromatic carboxylic acids is 1. The molecule has 2 aromatic carbocycles. The molecule has 0 unspecified atom stereocenters. The summed E-state index contributed by atoms with van der Waals surface area (Å²) in [5.74, 6) is -1.66. The van der Waals surface area contributed by atoms with Crippen molar-refractivity contribution in [3.8, 4) is 0 Å². The Labute approximate surface area is 126 Å². The zero-order valence-corrected chi connectivity index (χ0v) is 11.5. The summed E-state index contributed by atoms with van der Waals surface area (Å²) < 4.78 is 0. The maximum atomic E-state index is 12.4. The van der Waals surface area contributed by atoms with E-state index in [2.05, 4.69) is 10.3 Å². The van der Waals surface area contributed by atoms with Gasteiger partial charge in [-0.1, -0.05) is 36.4 Å². The van der Waals surface area contributed by atoms with Crippen LogP contribution in [0.3, 0.4) is 0 Å². The number of benzene rings is 2. The summed E-state index contributed by atoms with van der Waals surface area (Å²) in [5.41, 5.74) is 0.590. The molecule has 0 spiro atoms. The molecular weight excluding hydrogens is 280 g/mol. The molecule has 108 valence electrons. The molecule has 0 aliphatic rings. The van der Waals surface area contributed by atoms with Gasteiger partial charge in [-0.2, -0.15) is 0 Å². The molecule has 0 saturated heterocycles. The molecule has 1 heterocycles. The number of hydrogen-bond acceptors (Lipinski definition) is 3. The third kappa shape index (κ3) is 2.52. The second-order valence-corrected chi connectivity index (χ2v) is 4.71. The highest BCUT2D eigenvalue weighted by Crippen LogP contribution is 2.23. The van der Waals surface area contributed by atoms with Gasteiger partial charge in [0, 0.05) is 23.5 Å². The Hall–Kier alpha value is -3.21. The molecule has 0 radical (unpaired) electrons. The van der Waals surface area contributed by atoms with Gasteiger partial charge in [-0.25, -0.2) is 4.79 Å². The Kier molecular flexibility index (Phi) is 3.53. The quantitative estimate of drug-likeness (QED) is 0.777. The molecular formula is C17H12N2O3. The van der Waals surface area contributed by atoms with Crippen molar-refractivity contribution in [2.45, 2.75) is 0 Å². The van der Waals surface area contributed by atoms with Crippen molar-refractivity contribution in [3.05, 3.63) is 72.1 Å². The van der Waals surface area contributed by atoms with Crippen molar-refractivity contribution < 1.29 is 14.7 Å². The minimum atomic E-state index is -1.18. The first kappa shape index (κ1) is 13.8. The zero-order valence-electron chi connectivity index (χ0n) is 11.5. The van der Waals surface area contributed by atoms with E-state index in [0.29, 0.717) is 5.69 Å². The molecule has 0 aliphatic carbocycles. The molecule has 0 fully saturated rings. The monoisotopic (exact) mass is 292 g/mol. The summed E-state index contributed by atoms with van der Waals surface area (Å²) >= 11 is 0. The molecule has 0 saturated carbocycles. The third-order valence-electron chi connectivity index (χ3n) is 3.33. The molecule has 0 atom stereocenters. The highest BCUT2D eigenvalue weighted by Gasteiger charge is 2.17. The molecule has 22 heavy (non-hydrogen) atoms. The van der Waals surface area contributed by atoms with Crippen LogP contribution >= 0.6 is 0 Å². The van der Waals surface area contributed by atoms with Gasteiger partial charge in [0.05, 0.1) is 11.1 Å². The Morgan fingerprint density at radius 2 is 1.73 bits per heavy atom. The normalized spacial score (nSPS) is 10.4. The van der Waals surface area contributed by atoms with E-state index in [1.54, 1.807) is 6.07 Å². The maximum absolute atomic E-state index is 12.4. The van der Waals surface area contributed by atoms with Crippen LogP contribution in [0.15, 0.2) is 60.9 Å². The molecule has 3 rings (SSSR count). The molecule has 0 aliphatic heterocycles. The van der Waals surface area contributed by atoms with Crippen LogP contribution in [0.2, 0.25) is 0 Å². The SMILES string of the molecule is O=C(O)c1cnccc1C(=O)Nc1cccc2ccccc12. The van der Waals surface area contributed by atoms with Gasteiger partial charge in [-0.3, -0.25) is 9.78 Å². The van der Waals surface area contributed by atoms with E-state index in [1.165, 1.54) is 18.5 Å². The number of fused-ring (bicyclic) bond motifs is 1. The van der Waals surface area contributed by atoms with Crippen LogP contribution in [-0.2, 0) is 0 Å². The van der Waals surface area contributed by atoms with Gasteiger partial charge in [-0.15, -0.1) is 0 Å². The Balaban J connectivity index is 1.99. The van der Waals surface area contributed by atoms with Gasteiger partial charge in [0.25, 0.3) is 5.91 Å². The van der Waals surface area contributed by atoms with Crippen LogP contribution in [0.5, 0.6) is 0 Å². The summed E-state index contributed by atoms with van der Waals surface area (Å²) in [4.78, 5) is 27.3. The molecule has 5 heteroatoms. The predicted molar refractivity (Wildman–Crippen MR) is 83.1 cm³/mol. The highest BCUT2D eigenvalue weighted by atomic mass is 16.4. The number of nitrogens with zero attached hydrogens (tertiary/aromatic N) is 1. The number of anilines is 1. The highest BCUT2D eigenvalue weighted by molar-refractivity contribution is 6.13. The van der Waals surface area contributed by atoms with Crippen LogP contribution in [0.1, 0.15) is 20.7 Å². The van der Waals surface area contributed by atoms with Crippen LogP contribution in [0.25, 0.3) is 10.8 Å². The smallest absolute Gasteiger partial charge is 0.338 e. The Morgan fingerprint density at radius 1 is 0.955 bits per heavy atom. The van der Waals surface area contributed by atoms with Crippen molar-refractivity contribution >= 4 is 28.3 Å². The molecule has 0 bridgehead atoms. The van der Waals surface area contributed by atoms with E-state index < -0.39 is 11.9 Å². The van der Waals surface area contributed by atoms with Gasteiger partial charge in [0.1, 0.15) is 0 Å². The fourth-order valence-corrected chi connectivity index (χ4v) is 2.29. The molecule has 1 aromatic heterocycles. The summed E-state index contributed by atoms with van der Waals surface area (Å²) in [7, 11) is 0. The number of nitrogens with one attached hydrogen (secondary N) is 1. The lowest BCUT2D eigenvalue weighted by Crippen LogP contribution is -2.16. The maximum Gasteiger partial charge on any atom is 0.338 e. The lowest BCUT2D eigenvalue weighted by molar-refractivity contribution is 0.0692. The van der Waals surface area contributed by atoms with Gasteiger partial charge < -0.3 is 10.4 Å². The number of carbonyl (C=O) groups is 2. The van der Waals surface area contributed by atoms with Crippen molar-refractivity contribution in [2.75, 3.05) is 5.32 Å². The molecule has 2 N–H and O–H groups in total. The first-order valence-corrected chi connectivity index (χ1v) is 6.63. The number of carboxylic acid groups (broad SMARTS) is 1. The van der Waals surface area contributed by atoms with E-state index in [9.17, 15) is 9.59 Å². The summed E-state index contributed by atoms with van der Waals surface area (Å²) in [6.45, 7) is 0. The summed E-state index contributed by atoms with van der Waals surface area (Å²) in [5, 5.41) is 13.8. The van der Waals surface area contributed by atoms with Crippen LogP contribution in [-0.4, -0.2) is 22.0 Å². The number of aromatic nitrogens is 1. The van der Waals surface area contributed by atoms with E-state index in [0.717, 1.165) is 10.8 Å². The number of hydrogen-bond donors (Lipinski definition) is 2. The van der Waals surface area contributed by atoms with E-state index in [1.807, 2.05) is 36.4 Å².